The standard InChI is InChI=1S/C39H67N11O11S/c1-21(2)15-23(17-31(53)50-61)36(57)46-25(12-13-29(40)51)38(59)47-26(16-22(3)4)37(58)44-18-32(54)43-19-33(55)45-24(35(41)56)9-7-8-14-42-30(52)11-6-5-10-28-34-27(20-62-28)48-39(60)49-34/h21-28,34,61H,5-20H2,1-4H3,(H2,40,51)(H2,41,56)(H,42,52)(H,43,54)(H,44,58)(H,45,55)(H,46,57)(H,47,59)(H,50,53)(H2,48,49,60)/t23?,24-,25-,26-,27-,28-,34-/m0/s1. The lowest BCUT2D eigenvalue weighted by molar-refractivity contribution is -0.137. The van der Waals surface area contributed by atoms with Crippen molar-refractivity contribution >= 4 is 71.0 Å². The SMILES string of the molecule is CC(C)CC(CC(=O)NO)C(=O)N[C@@H](CCC(N)=O)C(=O)N[C@@H](CC(C)C)C(=O)NCC(=O)NCC(=O)N[C@@H](CCCCNC(=O)CCCC[C@@H]1SC[C@@H]2NC(=O)N[C@@H]21)C(N)=O. The Balaban J connectivity index is 1.77. The maximum Gasteiger partial charge on any atom is 0.315 e. The molecule has 2 saturated heterocycles. The lowest BCUT2D eigenvalue weighted by Gasteiger charge is -2.26. The van der Waals surface area contributed by atoms with E-state index in [-0.39, 0.29) is 74.4 Å². The van der Waals surface area contributed by atoms with Crippen molar-refractivity contribution < 1.29 is 53.2 Å². The van der Waals surface area contributed by atoms with Gasteiger partial charge in [0, 0.05) is 42.7 Å². The molecule has 2 rings (SSSR count). The Bertz CT molecular complexity index is 1580. The minimum atomic E-state index is -1.32. The van der Waals surface area contributed by atoms with Crippen LogP contribution in [-0.2, 0) is 43.2 Å². The molecular formula is C39H67N11O11S. The van der Waals surface area contributed by atoms with Gasteiger partial charge < -0.3 is 54.0 Å². The second kappa shape index (κ2) is 27.7. The van der Waals surface area contributed by atoms with Gasteiger partial charge in [0.25, 0.3) is 0 Å². The Morgan fingerprint density at radius 3 is 2.02 bits per heavy atom. The molecule has 2 aliphatic rings. The number of nitrogens with one attached hydrogen (secondary N) is 9. The smallest absolute Gasteiger partial charge is 0.315 e. The summed E-state index contributed by atoms with van der Waals surface area (Å²) in [6, 6.07) is -3.36. The molecular weight excluding hydrogens is 831 g/mol. The maximum absolute atomic E-state index is 13.4. The van der Waals surface area contributed by atoms with Crippen molar-refractivity contribution in [2.24, 2.45) is 29.2 Å². The average Bonchev–Trinajstić information content (AvgIpc) is 3.76. The van der Waals surface area contributed by atoms with Crippen LogP contribution in [0.1, 0.15) is 105 Å². The van der Waals surface area contributed by atoms with Crippen molar-refractivity contribution in [3.8, 4) is 0 Å². The summed E-state index contributed by atoms with van der Waals surface area (Å²) in [5, 5.41) is 30.3. The Hall–Kier alpha value is -5.19. The number of urea groups is 1. The van der Waals surface area contributed by atoms with Crippen LogP contribution in [0.3, 0.4) is 0 Å². The highest BCUT2D eigenvalue weighted by atomic mass is 32.2. The Labute approximate surface area is 366 Å². The number of rotatable bonds is 30. The van der Waals surface area contributed by atoms with Crippen molar-refractivity contribution in [2.75, 3.05) is 25.4 Å². The quantitative estimate of drug-likeness (QED) is 0.0162. The summed E-state index contributed by atoms with van der Waals surface area (Å²) < 4.78 is 0. The van der Waals surface area contributed by atoms with E-state index in [4.69, 9.17) is 16.7 Å². The molecule has 11 amide bonds. The van der Waals surface area contributed by atoms with E-state index < -0.39 is 84.4 Å². The van der Waals surface area contributed by atoms with Gasteiger partial charge >= 0.3 is 6.03 Å². The van der Waals surface area contributed by atoms with E-state index in [2.05, 4.69) is 42.5 Å². The molecule has 0 aliphatic carbocycles. The van der Waals surface area contributed by atoms with Gasteiger partial charge in [-0.3, -0.25) is 48.4 Å². The molecule has 0 saturated carbocycles. The normalized spacial score (nSPS) is 18.5. The molecule has 2 fully saturated rings. The first-order valence-electron chi connectivity index (χ1n) is 21.2. The van der Waals surface area contributed by atoms with E-state index in [1.54, 1.807) is 13.8 Å². The molecule has 14 N–H and O–H groups in total. The number of unbranched alkanes of at least 4 members (excludes halogenated alkanes) is 2. The minimum Gasteiger partial charge on any atom is -0.370 e. The van der Waals surface area contributed by atoms with Gasteiger partial charge in [-0.15, -0.1) is 0 Å². The first-order valence-corrected chi connectivity index (χ1v) is 22.2. The number of thioether (sulfide) groups is 1. The van der Waals surface area contributed by atoms with E-state index in [0.29, 0.717) is 31.1 Å². The third-order valence-corrected chi connectivity index (χ3v) is 11.7. The summed E-state index contributed by atoms with van der Waals surface area (Å²) in [6.45, 7) is 6.48. The Morgan fingerprint density at radius 1 is 0.694 bits per heavy atom. The van der Waals surface area contributed by atoms with Crippen molar-refractivity contribution in [3.05, 3.63) is 0 Å². The van der Waals surface area contributed by atoms with Crippen LogP contribution in [0.2, 0.25) is 0 Å². The average molecular weight is 898 g/mol. The Kier molecular flexibility index (Phi) is 23.6. The monoisotopic (exact) mass is 897 g/mol. The number of nitrogens with two attached hydrogens (primary N) is 2. The minimum absolute atomic E-state index is 0.0309. The summed E-state index contributed by atoms with van der Waals surface area (Å²) in [7, 11) is 0. The first-order chi connectivity index (χ1) is 29.3. The molecule has 0 aromatic rings. The van der Waals surface area contributed by atoms with Crippen LogP contribution >= 0.6 is 11.8 Å². The van der Waals surface area contributed by atoms with Gasteiger partial charge in [-0.25, -0.2) is 10.3 Å². The molecule has 2 aliphatic heterocycles. The first kappa shape index (κ1) is 52.9. The van der Waals surface area contributed by atoms with Crippen LogP contribution in [0.4, 0.5) is 4.79 Å². The summed E-state index contributed by atoms with van der Waals surface area (Å²) in [5.41, 5.74) is 12.2. The second-order valence-corrected chi connectivity index (χ2v) is 17.8. The molecule has 1 unspecified atom stereocenters. The lowest BCUT2D eigenvalue weighted by Crippen LogP contribution is -2.55. The van der Waals surface area contributed by atoms with Gasteiger partial charge in [-0.05, 0) is 63.2 Å². The number of hydrogen-bond acceptors (Lipinski definition) is 12. The van der Waals surface area contributed by atoms with Crippen molar-refractivity contribution in [3.63, 3.8) is 0 Å². The topological polar surface area (TPSA) is 351 Å². The molecule has 22 nitrogen and oxygen atoms in total. The molecule has 23 heteroatoms. The number of carbonyl (C=O) groups excluding carboxylic acids is 10. The van der Waals surface area contributed by atoms with Crippen LogP contribution in [0.5, 0.6) is 0 Å². The highest BCUT2D eigenvalue weighted by molar-refractivity contribution is 8.00. The highest BCUT2D eigenvalue weighted by Gasteiger charge is 2.42. The number of hydrogen-bond donors (Lipinski definition) is 12. The molecule has 7 atom stereocenters. The van der Waals surface area contributed by atoms with E-state index in [9.17, 15) is 47.9 Å². The van der Waals surface area contributed by atoms with Crippen LogP contribution in [0, 0.1) is 17.8 Å². The van der Waals surface area contributed by atoms with Crippen molar-refractivity contribution in [1.82, 2.24) is 48.0 Å². The van der Waals surface area contributed by atoms with Gasteiger partial charge in [0.15, 0.2) is 0 Å². The second-order valence-electron chi connectivity index (χ2n) is 16.6. The highest BCUT2D eigenvalue weighted by Crippen LogP contribution is 2.33. The van der Waals surface area contributed by atoms with Crippen LogP contribution in [0.15, 0.2) is 0 Å². The molecule has 0 aromatic carbocycles. The molecule has 2 heterocycles. The predicted molar refractivity (Wildman–Crippen MR) is 227 cm³/mol. The summed E-state index contributed by atoms with van der Waals surface area (Å²) >= 11 is 1.83. The van der Waals surface area contributed by atoms with Gasteiger partial charge in [0.2, 0.25) is 53.2 Å². The van der Waals surface area contributed by atoms with E-state index in [1.165, 1.54) is 5.48 Å². The largest absolute Gasteiger partial charge is 0.370 e. The molecule has 0 radical (unpaired) electrons. The number of primary amides is 2. The number of amides is 11. The zero-order chi connectivity index (χ0) is 46.4. The zero-order valence-electron chi connectivity index (χ0n) is 36.1. The number of fused-ring (bicyclic) bond motifs is 1. The molecule has 0 spiro atoms. The maximum atomic E-state index is 13.4. The summed E-state index contributed by atoms with van der Waals surface area (Å²) in [6.07, 6.45) is 3.55. The zero-order valence-corrected chi connectivity index (χ0v) is 36.9. The summed E-state index contributed by atoms with van der Waals surface area (Å²) in [5.74, 6) is -6.32. The number of hydroxylamine groups is 1. The van der Waals surface area contributed by atoms with Gasteiger partial charge in [0.1, 0.15) is 18.1 Å². The van der Waals surface area contributed by atoms with Gasteiger partial charge in [-0.2, -0.15) is 11.8 Å². The third-order valence-electron chi connectivity index (χ3n) is 10.2. The van der Waals surface area contributed by atoms with Gasteiger partial charge in [-0.1, -0.05) is 34.1 Å². The predicted octanol–water partition coefficient (Wildman–Crippen LogP) is -1.96. The van der Waals surface area contributed by atoms with E-state index in [1.807, 2.05) is 25.6 Å². The molecule has 350 valence electrons. The van der Waals surface area contributed by atoms with Crippen molar-refractivity contribution in [2.45, 2.75) is 140 Å². The lowest BCUT2D eigenvalue weighted by atomic mass is 9.92. The number of carbonyl (C=O) groups is 10. The Morgan fingerprint density at radius 2 is 1.37 bits per heavy atom. The van der Waals surface area contributed by atoms with Crippen LogP contribution in [0.25, 0.3) is 0 Å². The summed E-state index contributed by atoms with van der Waals surface area (Å²) in [4.78, 5) is 124. The molecule has 0 bridgehead atoms. The van der Waals surface area contributed by atoms with Gasteiger partial charge in [0.05, 0.1) is 25.2 Å². The molecule has 0 aromatic heterocycles. The fourth-order valence-corrected chi connectivity index (χ4v) is 8.61. The van der Waals surface area contributed by atoms with Crippen molar-refractivity contribution in [1.29, 1.82) is 0 Å². The van der Waals surface area contributed by atoms with E-state index in [0.717, 1.165) is 25.0 Å². The third kappa shape index (κ3) is 20.6. The molecule has 62 heavy (non-hydrogen) atoms. The van der Waals surface area contributed by atoms with E-state index >= 15 is 0 Å². The fourth-order valence-electron chi connectivity index (χ4n) is 7.07. The van der Waals surface area contributed by atoms with Crippen LogP contribution < -0.4 is 59.5 Å². The van der Waals surface area contributed by atoms with Crippen LogP contribution in [-0.4, -0.2) is 125 Å². The fraction of sp³-hybridized carbons (Fsp3) is 0.744.